The van der Waals surface area contributed by atoms with Crippen LogP contribution in [-0.4, -0.2) is 4.98 Å². The van der Waals surface area contributed by atoms with Gasteiger partial charge >= 0.3 is 0 Å². The van der Waals surface area contributed by atoms with Crippen LogP contribution >= 0.6 is 11.6 Å². The van der Waals surface area contributed by atoms with Crippen LogP contribution < -0.4 is 0 Å². The predicted molar refractivity (Wildman–Crippen MR) is 53.1 cm³/mol. The fourth-order valence-corrected chi connectivity index (χ4v) is 1.33. The maximum Gasteiger partial charge on any atom is 0.198 e. The Kier molecular flexibility index (Phi) is 2.00. The monoisotopic (exact) mass is 195 g/mol. The predicted octanol–water partition coefficient (Wildman–Crippen LogP) is 3.60. The molecule has 2 nitrogen and oxygen atoms in total. The van der Waals surface area contributed by atoms with Gasteiger partial charge in [-0.05, 0) is 12.1 Å². The van der Waals surface area contributed by atoms with Crippen molar-refractivity contribution >= 4 is 22.7 Å². The molecule has 2 rings (SSSR count). The average Bonchev–Trinajstić information content (AvgIpc) is 2.46. The highest BCUT2D eigenvalue weighted by Gasteiger charge is 2.08. The summed E-state index contributed by atoms with van der Waals surface area (Å²) < 4.78 is 5.51. The summed E-state index contributed by atoms with van der Waals surface area (Å²) in [5.74, 6) is 1.07. The highest BCUT2D eigenvalue weighted by atomic mass is 35.5. The van der Waals surface area contributed by atoms with Gasteiger partial charge in [0.2, 0.25) is 0 Å². The van der Waals surface area contributed by atoms with Crippen molar-refractivity contribution in [3.8, 4) is 0 Å². The lowest BCUT2D eigenvalue weighted by Crippen LogP contribution is -1.84. The number of rotatable bonds is 1. The van der Waals surface area contributed by atoms with E-state index in [1.54, 1.807) is 6.07 Å². The standard InChI is InChI=1S/C10H10ClNO/c1-6(2)10-12-8-4-3-7(11)5-9(8)13-10/h3-6H,1-2H3. The summed E-state index contributed by atoms with van der Waals surface area (Å²) in [7, 11) is 0. The molecule has 0 aliphatic rings. The molecular formula is C10H10ClNO. The van der Waals surface area contributed by atoms with Crippen LogP contribution in [0.25, 0.3) is 11.1 Å². The largest absolute Gasteiger partial charge is 0.440 e. The van der Waals surface area contributed by atoms with Gasteiger partial charge < -0.3 is 4.42 Å². The topological polar surface area (TPSA) is 26.0 Å². The van der Waals surface area contributed by atoms with Crippen LogP contribution in [0.3, 0.4) is 0 Å². The molecule has 1 aromatic carbocycles. The zero-order valence-electron chi connectivity index (χ0n) is 7.54. The Labute approximate surface area is 81.5 Å². The van der Waals surface area contributed by atoms with Gasteiger partial charge in [0, 0.05) is 17.0 Å². The first kappa shape index (κ1) is 8.57. The molecule has 0 saturated heterocycles. The highest BCUT2D eigenvalue weighted by Crippen LogP contribution is 2.23. The van der Waals surface area contributed by atoms with Gasteiger partial charge in [-0.25, -0.2) is 4.98 Å². The first-order valence-corrected chi connectivity index (χ1v) is 4.60. The van der Waals surface area contributed by atoms with Crippen molar-refractivity contribution in [2.45, 2.75) is 19.8 Å². The molecule has 68 valence electrons. The molecule has 0 aliphatic carbocycles. The van der Waals surface area contributed by atoms with E-state index in [0.29, 0.717) is 10.9 Å². The van der Waals surface area contributed by atoms with Crippen LogP contribution in [0.2, 0.25) is 5.02 Å². The van der Waals surface area contributed by atoms with E-state index in [1.807, 2.05) is 26.0 Å². The number of hydrogen-bond donors (Lipinski definition) is 0. The number of hydrogen-bond acceptors (Lipinski definition) is 2. The number of benzene rings is 1. The van der Waals surface area contributed by atoms with Crippen LogP contribution in [0.15, 0.2) is 22.6 Å². The normalized spacial score (nSPS) is 11.4. The maximum absolute atomic E-state index is 5.82. The average molecular weight is 196 g/mol. The summed E-state index contributed by atoms with van der Waals surface area (Å²) >= 11 is 5.82. The van der Waals surface area contributed by atoms with E-state index in [4.69, 9.17) is 16.0 Å². The van der Waals surface area contributed by atoms with Crippen molar-refractivity contribution < 1.29 is 4.42 Å². The second kappa shape index (κ2) is 3.04. The minimum absolute atomic E-state index is 0.311. The number of fused-ring (bicyclic) bond motifs is 1. The maximum atomic E-state index is 5.82. The minimum Gasteiger partial charge on any atom is -0.440 e. The van der Waals surface area contributed by atoms with Gasteiger partial charge in [0.15, 0.2) is 11.5 Å². The summed E-state index contributed by atoms with van der Waals surface area (Å²) in [5.41, 5.74) is 1.63. The SMILES string of the molecule is CC(C)c1nc2ccc(Cl)cc2o1. The number of nitrogens with zero attached hydrogens (tertiary/aromatic N) is 1. The zero-order valence-corrected chi connectivity index (χ0v) is 8.30. The van der Waals surface area contributed by atoms with Crippen LogP contribution in [0.5, 0.6) is 0 Å². The highest BCUT2D eigenvalue weighted by molar-refractivity contribution is 6.31. The molecule has 0 spiro atoms. The molecule has 0 bridgehead atoms. The van der Waals surface area contributed by atoms with E-state index in [9.17, 15) is 0 Å². The Morgan fingerprint density at radius 3 is 2.85 bits per heavy atom. The lowest BCUT2D eigenvalue weighted by Gasteiger charge is -1.93. The van der Waals surface area contributed by atoms with E-state index in [1.165, 1.54) is 0 Å². The molecule has 13 heavy (non-hydrogen) atoms. The van der Waals surface area contributed by atoms with Crippen LogP contribution in [0.1, 0.15) is 25.7 Å². The molecule has 0 amide bonds. The smallest absolute Gasteiger partial charge is 0.198 e. The zero-order chi connectivity index (χ0) is 9.42. The number of halogens is 1. The molecular weight excluding hydrogens is 186 g/mol. The van der Waals surface area contributed by atoms with E-state index < -0.39 is 0 Å². The van der Waals surface area contributed by atoms with E-state index >= 15 is 0 Å². The summed E-state index contributed by atoms with van der Waals surface area (Å²) in [6.07, 6.45) is 0. The van der Waals surface area contributed by atoms with Gasteiger partial charge in [-0.15, -0.1) is 0 Å². The summed E-state index contributed by atoms with van der Waals surface area (Å²) in [6, 6.07) is 5.47. The summed E-state index contributed by atoms with van der Waals surface area (Å²) in [6.45, 7) is 4.10. The fourth-order valence-electron chi connectivity index (χ4n) is 1.16. The van der Waals surface area contributed by atoms with Crippen molar-refractivity contribution in [1.82, 2.24) is 4.98 Å². The lowest BCUT2D eigenvalue weighted by molar-refractivity contribution is 0.501. The van der Waals surface area contributed by atoms with E-state index in [0.717, 1.165) is 17.0 Å². The fraction of sp³-hybridized carbons (Fsp3) is 0.300. The van der Waals surface area contributed by atoms with Crippen LogP contribution in [0.4, 0.5) is 0 Å². The molecule has 0 unspecified atom stereocenters. The van der Waals surface area contributed by atoms with Gasteiger partial charge in [0.25, 0.3) is 0 Å². The Hall–Kier alpha value is -1.02. The van der Waals surface area contributed by atoms with Crippen molar-refractivity contribution in [2.24, 2.45) is 0 Å². The molecule has 1 aromatic heterocycles. The van der Waals surface area contributed by atoms with Crippen molar-refractivity contribution in [3.63, 3.8) is 0 Å². The first-order chi connectivity index (χ1) is 6.16. The third-order valence-electron chi connectivity index (χ3n) is 1.86. The van der Waals surface area contributed by atoms with Gasteiger partial charge in [0.1, 0.15) is 5.52 Å². The molecule has 1 heterocycles. The third-order valence-corrected chi connectivity index (χ3v) is 2.10. The molecule has 2 aromatic rings. The van der Waals surface area contributed by atoms with Gasteiger partial charge in [-0.3, -0.25) is 0 Å². The molecule has 0 saturated carbocycles. The molecule has 3 heteroatoms. The molecule has 0 radical (unpaired) electrons. The van der Waals surface area contributed by atoms with Crippen molar-refractivity contribution in [3.05, 3.63) is 29.1 Å². The van der Waals surface area contributed by atoms with Crippen molar-refractivity contribution in [2.75, 3.05) is 0 Å². The van der Waals surface area contributed by atoms with Gasteiger partial charge in [0.05, 0.1) is 0 Å². The van der Waals surface area contributed by atoms with Gasteiger partial charge in [-0.1, -0.05) is 25.4 Å². The van der Waals surface area contributed by atoms with Crippen molar-refractivity contribution in [1.29, 1.82) is 0 Å². The second-order valence-electron chi connectivity index (χ2n) is 3.32. The quantitative estimate of drug-likeness (QED) is 0.695. The first-order valence-electron chi connectivity index (χ1n) is 4.23. The molecule has 0 fully saturated rings. The number of oxazole rings is 1. The van der Waals surface area contributed by atoms with E-state index in [2.05, 4.69) is 4.98 Å². The molecule has 0 N–H and O–H groups in total. The van der Waals surface area contributed by atoms with Crippen LogP contribution in [-0.2, 0) is 0 Å². The third kappa shape index (κ3) is 1.54. The summed E-state index contributed by atoms with van der Waals surface area (Å²) in [4.78, 5) is 4.33. The Morgan fingerprint density at radius 2 is 2.15 bits per heavy atom. The Balaban J connectivity index is 2.62. The lowest BCUT2D eigenvalue weighted by atomic mass is 10.2. The molecule has 0 atom stereocenters. The number of aromatic nitrogens is 1. The Bertz CT molecular complexity index is 433. The molecule has 0 aliphatic heterocycles. The Morgan fingerprint density at radius 1 is 1.38 bits per heavy atom. The second-order valence-corrected chi connectivity index (χ2v) is 3.76. The minimum atomic E-state index is 0.311. The van der Waals surface area contributed by atoms with Crippen LogP contribution in [0, 0.1) is 0 Å². The van der Waals surface area contributed by atoms with E-state index in [-0.39, 0.29) is 0 Å². The summed E-state index contributed by atoms with van der Waals surface area (Å²) in [5, 5.41) is 0.680. The van der Waals surface area contributed by atoms with Gasteiger partial charge in [-0.2, -0.15) is 0 Å².